The zero-order valence-corrected chi connectivity index (χ0v) is 9.53. The van der Waals surface area contributed by atoms with E-state index < -0.39 is 0 Å². The quantitative estimate of drug-likeness (QED) is 0.744. The van der Waals surface area contributed by atoms with Crippen LogP contribution in [0.2, 0.25) is 0 Å². The van der Waals surface area contributed by atoms with Crippen molar-refractivity contribution in [3.63, 3.8) is 0 Å². The molecule has 0 atom stereocenters. The van der Waals surface area contributed by atoms with Gasteiger partial charge in [-0.25, -0.2) is 4.98 Å². The Kier molecular flexibility index (Phi) is 4.31. The van der Waals surface area contributed by atoms with Crippen molar-refractivity contribution in [3.8, 4) is 0 Å². The molecule has 0 aliphatic rings. The smallest absolute Gasteiger partial charge is 0.129 e. The number of nitrogens with zero attached hydrogens (tertiary/aromatic N) is 2. The summed E-state index contributed by atoms with van der Waals surface area (Å²) < 4.78 is 0. The van der Waals surface area contributed by atoms with Crippen LogP contribution in [-0.2, 0) is 13.0 Å². The summed E-state index contributed by atoms with van der Waals surface area (Å²) in [6.07, 6.45) is 2.80. The van der Waals surface area contributed by atoms with E-state index in [9.17, 15) is 0 Å². The summed E-state index contributed by atoms with van der Waals surface area (Å²) in [6, 6.07) is 4.09. The molecule has 0 aliphatic heterocycles. The maximum absolute atomic E-state index is 5.65. The second-order valence-electron chi connectivity index (χ2n) is 3.55. The lowest BCUT2D eigenvalue weighted by Crippen LogP contribution is -2.19. The van der Waals surface area contributed by atoms with Crippen molar-refractivity contribution in [1.82, 2.24) is 4.98 Å². The van der Waals surface area contributed by atoms with Crippen LogP contribution in [0.5, 0.6) is 0 Å². The van der Waals surface area contributed by atoms with Gasteiger partial charge in [0.15, 0.2) is 0 Å². The molecule has 0 aliphatic carbocycles. The third-order valence-electron chi connectivity index (χ3n) is 2.32. The number of aryl methyl sites for hydroxylation is 1. The molecule has 82 valence electrons. The molecule has 0 saturated carbocycles. The summed E-state index contributed by atoms with van der Waals surface area (Å²) in [7, 11) is 2.00. The molecule has 0 unspecified atom stereocenters. The van der Waals surface area contributed by atoms with E-state index in [4.69, 9.17) is 5.73 Å². The average molecular weight is 205 g/mol. The van der Waals surface area contributed by atoms with Crippen LogP contribution in [0.4, 0.5) is 5.82 Å². The number of rotatable bonds is 5. The molecule has 1 heterocycles. The van der Waals surface area contributed by atoms with E-state index in [2.05, 4.69) is 29.5 Å². The Morgan fingerprint density at radius 1 is 1.53 bits per heavy atom. The van der Waals surface area contributed by atoms with Crippen molar-refractivity contribution in [1.29, 1.82) is 0 Å². The highest BCUT2D eigenvalue weighted by Gasteiger charge is 2.04. The van der Waals surface area contributed by atoms with Gasteiger partial charge in [0.05, 0.1) is 0 Å². The molecule has 2 N–H and O–H groups in total. The normalized spacial score (nSPS) is 10.1. The van der Waals surface area contributed by atoms with Gasteiger partial charge in [0.25, 0.3) is 0 Å². The molecule has 0 spiro atoms. The Hall–Kier alpha value is -1.35. The largest absolute Gasteiger partial charge is 0.356 e. The molecule has 0 amide bonds. The van der Waals surface area contributed by atoms with E-state index in [1.165, 1.54) is 0 Å². The molecule has 1 rings (SSSR count). The van der Waals surface area contributed by atoms with E-state index in [1.54, 1.807) is 0 Å². The van der Waals surface area contributed by atoms with Gasteiger partial charge in [0.2, 0.25) is 0 Å². The van der Waals surface area contributed by atoms with Crippen LogP contribution in [0.3, 0.4) is 0 Å². The van der Waals surface area contributed by atoms with Gasteiger partial charge in [0.1, 0.15) is 5.82 Å². The molecule has 1 aromatic heterocycles. The molecule has 0 radical (unpaired) electrons. The number of hydrogen-bond donors (Lipinski definition) is 1. The zero-order chi connectivity index (χ0) is 11.3. The minimum absolute atomic E-state index is 0.560. The van der Waals surface area contributed by atoms with Gasteiger partial charge in [-0.05, 0) is 24.1 Å². The second-order valence-corrected chi connectivity index (χ2v) is 3.55. The Morgan fingerprint density at radius 3 is 2.80 bits per heavy atom. The van der Waals surface area contributed by atoms with Crippen LogP contribution in [0.25, 0.3) is 0 Å². The van der Waals surface area contributed by atoms with E-state index >= 15 is 0 Å². The van der Waals surface area contributed by atoms with Crippen molar-refractivity contribution < 1.29 is 0 Å². The van der Waals surface area contributed by atoms with Crippen molar-refractivity contribution >= 4 is 5.82 Å². The highest BCUT2D eigenvalue weighted by Crippen LogP contribution is 2.14. The molecule has 1 aromatic rings. The minimum atomic E-state index is 0.560. The first kappa shape index (κ1) is 11.7. The molecule has 0 bridgehead atoms. The van der Waals surface area contributed by atoms with Crippen LogP contribution in [-0.4, -0.2) is 18.6 Å². The van der Waals surface area contributed by atoms with Crippen LogP contribution < -0.4 is 10.6 Å². The number of likely N-dealkylation sites (N-methyl/N-ethyl adjacent to an activating group) is 1. The molecule has 0 fully saturated rings. The van der Waals surface area contributed by atoms with Crippen molar-refractivity contribution in [3.05, 3.63) is 36.0 Å². The summed E-state index contributed by atoms with van der Waals surface area (Å²) in [5.41, 5.74) is 7.87. The Bertz CT molecular complexity index is 311. The molecule has 0 aromatic carbocycles. The fraction of sp³-hybridized carbons (Fsp3) is 0.417. The van der Waals surface area contributed by atoms with Gasteiger partial charge < -0.3 is 10.6 Å². The first-order valence-electron chi connectivity index (χ1n) is 5.23. The Morgan fingerprint density at radius 2 is 2.27 bits per heavy atom. The summed E-state index contributed by atoms with van der Waals surface area (Å²) in [5, 5.41) is 0. The van der Waals surface area contributed by atoms with Gasteiger partial charge in [-0.2, -0.15) is 0 Å². The first-order valence-corrected chi connectivity index (χ1v) is 5.23. The third-order valence-corrected chi connectivity index (χ3v) is 2.32. The van der Waals surface area contributed by atoms with Crippen LogP contribution in [0, 0.1) is 0 Å². The zero-order valence-electron chi connectivity index (χ0n) is 9.53. The van der Waals surface area contributed by atoms with E-state index in [0.29, 0.717) is 6.54 Å². The minimum Gasteiger partial charge on any atom is -0.356 e. The second kappa shape index (κ2) is 5.51. The number of hydrogen-bond acceptors (Lipinski definition) is 3. The van der Waals surface area contributed by atoms with E-state index in [0.717, 1.165) is 30.0 Å². The van der Waals surface area contributed by atoms with Gasteiger partial charge in [-0.3, -0.25) is 0 Å². The predicted octanol–water partition coefficient (Wildman–Crippen LogP) is 1.72. The summed E-state index contributed by atoms with van der Waals surface area (Å²) in [4.78, 5) is 6.60. The lowest BCUT2D eigenvalue weighted by molar-refractivity contribution is 0.932. The van der Waals surface area contributed by atoms with Gasteiger partial charge in [0, 0.05) is 25.8 Å². The maximum Gasteiger partial charge on any atom is 0.129 e. The third kappa shape index (κ3) is 3.06. The lowest BCUT2D eigenvalue weighted by atomic mass is 10.2. The van der Waals surface area contributed by atoms with Crippen molar-refractivity contribution in [2.45, 2.75) is 19.9 Å². The lowest BCUT2D eigenvalue weighted by Gasteiger charge is -2.17. The first-order chi connectivity index (χ1) is 7.21. The summed E-state index contributed by atoms with van der Waals surface area (Å²) in [6.45, 7) is 7.17. The fourth-order valence-electron chi connectivity index (χ4n) is 1.41. The number of nitrogens with two attached hydrogens (primary N) is 1. The Labute approximate surface area is 91.6 Å². The summed E-state index contributed by atoms with van der Waals surface area (Å²) >= 11 is 0. The maximum atomic E-state index is 5.65. The predicted molar refractivity (Wildman–Crippen MR) is 65.0 cm³/mol. The van der Waals surface area contributed by atoms with E-state index in [1.807, 2.05) is 19.2 Å². The molecular weight excluding hydrogens is 186 g/mol. The van der Waals surface area contributed by atoms with Gasteiger partial charge in [-0.1, -0.05) is 13.0 Å². The van der Waals surface area contributed by atoms with Crippen LogP contribution in [0.1, 0.15) is 18.2 Å². The van der Waals surface area contributed by atoms with Gasteiger partial charge in [-0.15, -0.1) is 6.58 Å². The van der Waals surface area contributed by atoms with Gasteiger partial charge >= 0.3 is 0 Å². The molecule has 3 nitrogen and oxygen atoms in total. The molecule has 3 heteroatoms. The summed E-state index contributed by atoms with van der Waals surface area (Å²) in [5.74, 6) is 0.967. The molecule has 0 saturated heterocycles. The average Bonchev–Trinajstić information content (AvgIpc) is 2.28. The van der Waals surface area contributed by atoms with Crippen molar-refractivity contribution in [2.75, 3.05) is 18.5 Å². The number of aromatic nitrogens is 1. The molecular formula is C12H19N3. The van der Waals surface area contributed by atoms with Crippen LogP contribution >= 0.6 is 0 Å². The highest BCUT2D eigenvalue weighted by atomic mass is 15.2. The fourth-order valence-corrected chi connectivity index (χ4v) is 1.41. The highest BCUT2D eigenvalue weighted by molar-refractivity contribution is 5.42. The molecule has 15 heavy (non-hydrogen) atoms. The number of pyridine rings is 1. The SMILES string of the molecule is C=CCN(C)c1cc(CN)cc(CC)n1. The number of anilines is 1. The monoisotopic (exact) mass is 205 g/mol. The van der Waals surface area contributed by atoms with Crippen LogP contribution in [0.15, 0.2) is 24.8 Å². The van der Waals surface area contributed by atoms with E-state index in [-0.39, 0.29) is 0 Å². The topological polar surface area (TPSA) is 42.1 Å². The Balaban J connectivity index is 3.00. The van der Waals surface area contributed by atoms with Crippen molar-refractivity contribution in [2.24, 2.45) is 5.73 Å². The standard InChI is InChI=1S/C12H19N3/c1-4-6-15(3)12-8-10(9-13)7-11(5-2)14-12/h4,7-8H,1,5-6,9,13H2,2-3H3.